The molecule has 0 aliphatic rings. The number of thiocarbonyl (C=S) groups is 1. The van der Waals surface area contributed by atoms with Gasteiger partial charge in [-0.1, -0.05) is 12.1 Å². The first-order valence-corrected chi connectivity index (χ1v) is 7.62. The molecule has 134 valence electrons. The summed E-state index contributed by atoms with van der Waals surface area (Å²) in [5.74, 6) is -0.664. The van der Waals surface area contributed by atoms with Crippen LogP contribution >= 0.6 is 12.2 Å². The molecule has 2 aromatic rings. The lowest BCUT2D eigenvalue weighted by atomic mass is 10.2. The number of hydrazine groups is 1. The van der Waals surface area contributed by atoms with Gasteiger partial charge in [0.05, 0.1) is 12.0 Å². The summed E-state index contributed by atoms with van der Waals surface area (Å²) in [6, 6.07) is 11.8. The van der Waals surface area contributed by atoms with Gasteiger partial charge in [0.15, 0.2) is 5.11 Å². The number of hydrogen-bond acceptors (Lipinski definition) is 6. The van der Waals surface area contributed by atoms with Gasteiger partial charge in [-0.25, -0.2) is 0 Å². The third-order valence-electron chi connectivity index (χ3n) is 3.21. The van der Waals surface area contributed by atoms with Gasteiger partial charge >= 0.3 is 0 Å². The van der Waals surface area contributed by atoms with Crippen LogP contribution in [0.4, 0.5) is 5.69 Å². The van der Waals surface area contributed by atoms with Crippen molar-refractivity contribution in [1.29, 1.82) is 0 Å². The second-order valence-electron chi connectivity index (χ2n) is 4.87. The second kappa shape index (κ2) is 8.53. The number of methoxy groups -OCH3 is 1. The van der Waals surface area contributed by atoms with E-state index in [9.17, 15) is 19.7 Å². The summed E-state index contributed by atoms with van der Waals surface area (Å²) in [5, 5.41) is 13.1. The number of hydrogen-bond donors (Lipinski definition) is 3. The largest absolute Gasteiger partial charge is 0.497 e. The summed E-state index contributed by atoms with van der Waals surface area (Å²) in [7, 11) is 1.51. The molecule has 0 heterocycles. The number of carbonyl (C=O) groups is 2. The van der Waals surface area contributed by atoms with Crippen LogP contribution in [-0.2, 0) is 0 Å². The molecular weight excluding hydrogens is 360 g/mol. The van der Waals surface area contributed by atoms with Gasteiger partial charge in [-0.2, -0.15) is 0 Å². The van der Waals surface area contributed by atoms with Gasteiger partial charge in [0, 0.05) is 11.6 Å². The highest BCUT2D eigenvalue weighted by atomic mass is 32.1. The van der Waals surface area contributed by atoms with E-state index in [0.717, 1.165) is 0 Å². The molecule has 0 radical (unpaired) electrons. The highest BCUT2D eigenvalue weighted by Crippen LogP contribution is 2.16. The Hall–Kier alpha value is -3.53. The fraction of sp³-hybridized carbons (Fsp3) is 0.0625. The first-order chi connectivity index (χ1) is 12.4. The topological polar surface area (TPSA) is 123 Å². The zero-order chi connectivity index (χ0) is 19.1. The zero-order valence-electron chi connectivity index (χ0n) is 13.5. The second-order valence-corrected chi connectivity index (χ2v) is 5.27. The third kappa shape index (κ3) is 4.74. The number of nitrogens with one attached hydrogen (secondary N) is 3. The maximum atomic E-state index is 12.0. The molecular formula is C16H14N4O5S. The van der Waals surface area contributed by atoms with Gasteiger partial charge in [-0.3, -0.25) is 35.9 Å². The smallest absolute Gasteiger partial charge is 0.282 e. The van der Waals surface area contributed by atoms with Crippen molar-refractivity contribution in [2.45, 2.75) is 0 Å². The van der Waals surface area contributed by atoms with Crippen LogP contribution in [-0.4, -0.2) is 29.0 Å². The van der Waals surface area contributed by atoms with Gasteiger partial charge in [0.25, 0.3) is 17.5 Å². The molecule has 0 aromatic heterocycles. The Kier molecular flexibility index (Phi) is 6.17. The average molecular weight is 374 g/mol. The molecule has 0 saturated carbocycles. The fourth-order valence-electron chi connectivity index (χ4n) is 1.95. The molecule has 0 spiro atoms. The summed E-state index contributed by atoms with van der Waals surface area (Å²) in [4.78, 5) is 34.3. The lowest BCUT2D eigenvalue weighted by Gasteiger charge is -2.11. The Morgan fingerprint density at radius 2 is 1.69 bits per heavy atom. The van der Waals surface area contributed by atoms with E-state index < -0.39 is 16.7 Å². The number of nitrogens with zero attached hydrogens (tertiary/aromatic N) is 1. The van der Waals surface area contributed by atoms with Crippen LogP contribution in [0.1, 0.15) is 20.7 Å². The molecule has 0 saturated heterocycles. The number of carbonyl (C=O) groups excluding carboxylic acids is 2. The Balaban J connectivity index is 1.93. The van der Waals surface area contributed by atoms with E-state index in [-0.39, 0.29) is 16.4 Å². The number of nitro groups is 1. The minimum Gasteiger partial charge on any atom is -0.497 e. The van der Waals surface area contributed by atoms with Crippen LogP contribution in [0.3, 0.4) is 0 Å². The van der Waals surface area contributed by atoms with Crippen molar-refractivity contribution in [2.24, 2.45) is 0 Å². The molecule has 0 fully saturated rings. The predicted molar refractivity (Wildman–Crippen MR) is 96.8 cm³/mol. The molecule has 9 nitrogen and oxygen atoms in total. The first kappa shape index (κ1) is 18.8. The zero-order valence-corrected chi connectivity index (χ0v) is 14.3. The maximum Gasteiger partial charge on any atom is 0.282 e. The average Bonchev–Trinajstić information content (AvgIpc) is 2.66. The lowest BCUT2D eigenvalue weighted by Crippen LogP contribution is -2.48. The monoisotopic (exact) mass is 374 g/mol. The van der Waals surface area contributed by atoms with Gasteiger partial charge in [-0.15, -0.1) is 0 Å². The molecule has 0 atom stereocenters. The van der Waals surface area contributed by atoms with Crippen LogP contribution in [0.2, 0.25) is 0 Å². The van der Waals surface area contributed by atoms with E-state index in [4.69, 9.17) is 17.0 Å². The lowest BCUT2D eigenvalue weighted by molar-refractivity contribution is -0.385. The fourth-order valence-corrected chi connectivity index (χ4v) is 2.10. The molecule has 2 rings (SSSR count). The summed E-state index contributed by atoms with van der Waals surface area (Å²) in [5.41, 5.74) is 4.36. The van der Waals surface area contributed by atoms with E-state index >= 15 is 0 Å². The number of benzene rings is 2. The SMILES string of the molecule is COc1ccc(C(=O)NC(=S)NNC(=O)c2ccccc2[N+](=O)[O-])cc1. The number of ether oxygens (including phenoxy) is 1. The Labute approximate surface area is 153 Å². The summed E-state index contributed by atoms with van der Waals surface area (Å²) in [6.45, 7) is 0. The molecule has 2 aromatic carbocycles. The maximum absolute atomic E-state index is 12.0. The molecule has 0 unspecified atom stereocenters. The standard InChI is InChI=1S/C16H14N4O5S/c1-25-11-8-6-10(7-9-11)14(21)17-16(26)19-18-15(22)12-4-2-3-5-13(12)20(23)24/h2-9H,1H3,(H,18,22)(H2,17,19,21,26). The highest BCUT2D eigenvalue weighted by molar-refractivity contribution is 7.80. The van der Waals surface area contributed by atoms with Crippen molar-refractivity contribution in [3.8, 4) is 5.75 Å². The van der Waals surface area contributed by atoms with Crippen molar-refractivity contribution in [1.82, 2.24) is 16.2 Å². The van der Waals surface area contributed by atoms with Crippen LogP contribution in [0.5, 0.6) is 5.75 Å². The number of amides is 2. The van der Waals surface area contributed by atoms with Crippen molar-refractivity contribution >= 4 is 34.8 Å². The van der Waals surface area contributed by atoms with Gasteiger partial charge in [0.1, 0.15) is 11.3 Å². The van der Waals surface area contributed by atoms with Crippen LogP contribution in [0.25, 0.3) is 0 Å². The Bertz CT molecular complexity index is 854. The van der Waals surface area contributed by atoms with Crippen molar-refractivity contribution < 1.29 is 19.2 Å². The van der Waals surface area contributed by atoms with Crippen molar-refractivity contribution in [3.05, 3.63) is 69.8 Å². The summed E-state index contributed by atoms with van der Waals surface area (Å²) >= 11 is 4.92. The first-order valence-electron chi connectivity index (χ1n) is 7.21. The normalized spacial score (nSPS) is 9.73. The summed E-state index contributed by atoms with van der Waals surface area (Å²) in [6.07, 6.45) is 0. The van der Waals surface area contributed by atoms with Crippen molar-refractivity contribution in [3.63, 3.8) is 0 Å². The van der Waals surface area contributed by atoms with Gasteiger partial charge < -0.3 is 4.74 Å². The van der Waals surface area contributed by atoms with Gasteiger partial charge in [0.2, 0.25) is 0 Å². The van der Waals surface area contributed by atoms with Crippen LogP contribution < -0.4 is 20.9 Å². The minimum absolute atomic E-state index is 0.144. The van der Waals surface area contributed by atoms with Crippen LogP contribution in [0, 0.1) is 10.1 Å². The Morgan fingerprint density at radius 3 is 2.31 bits per heavy atom. The number of rotatable bonds is 4. The third-order valence-corrected chi connectivity index (χ3v) is 3.42. The Morgan fingerprint density at radius 1 is 1.04 bits per heavy atom. The van der Waals surface area contributed by atoms with E-state index in [1.54, 1.807) is 24.3 Å². The minimum atomic E-state index is -0.765. The molecule has 2 amide bonds. The van der Waals surface area contributed by atoms with E-state index in [0.29, 0.717) is 11.3 Å². The van der Waals surface area contributed by atoms with Gasteiger partial charge in [-0.05, 0) is 42.5 Å². The van der Waals surface area contributed by atoms with E-state index in [2.05, 4.69) is 16.2 Å². The number of nitro benzene ring substituents is 1. The molecule has 0 bridgehead atoms. The number of para-hydroxylation sites is 1. The van der Waals surface area contributed by atoms with Crippen LogP contribution in [0.15, 0.2) is 48.5 Å². The van der Waals surface area contributed by atoms with E-state index in [1.807, 2.05) is 0 Å². The highest BCUT2D eigenvalue weighted by Gasteiger charge is 2.19. The molecule has 0 aliphatic carbocycles. The molecule has 0 aliphatic heterocycles. The summed E-state index contributed by atoms with van der Waals surface area (Å²) < 4.78 is 5.00. The van der Waals surface area contributed by atoms with Crippen molar-refractivity contribution in [2.75, 3.05) is 7.11 Å². The molecule has 3 N–H and O–H groups in total. The van der Waals surface area contributed by atoms with E-state index in [1.165, 1.54) is 31.4 Å². The quantitative estimate of drug-likeness (QED) is 0.421. The predicted octanol–water partition coefficient (Wildman–Crippen LogP) is 1.55. The molecule has 26 heavy (non-hydrogen) atoms. The molecule has 10 heteroatoms.